The topological polar surface area (TPSA) is 67.2 Å². The second kappa shape index (κ2) is 9.04. The molecule has 0 atom stereocenters. The van der Waals surface area contributed by atoms with Crippen molar-refractivity contribution in [3.8, 4) is 5.69 Å². The van der Waals surface area contributed by atoms with Crippen molar-refractivity contribution in [2.24, 2.45) is 0 Å². The largest absolute Gasteiger partial charge is 0.290 e. The number of carbonyl (C=O) groups is 1. The number of anilines is 1. The molecule has 31 heavy (non-hydrogen) atoms. The molecule has 1 heterocycles. The number of benzene rings is 3. The lowest BCUT2D eigenvalue weighted by atomic mass is 10.2. The van der Waals surface area contributed by atoms with E-state index in [2.05, 4.69) is 10.5 Å². The highest BCUT2D eigenvalue weighted by Crippen LogP contribution is 2.15. The Morgan fingerprint density at radius 2 is 1.52 bits per heavy atom. The van der Waals surface area contributed by atoms with Crippen molar-refractivity contribution in [1.29, 1.82) is 0 Å². The molecular formula is C24H19FN4O2. The van der Waals surface area contributed by atoms with Crippen LogP contribution in [0, 0.1) is 5.82 Å². The number of carbonyl (C=O) groups excluding carboxylic acids is 1. The molecule has 0 saturated heterocycles. The van der Waals surface area contributed by atoms with Gasteiger partial charge in [0.1, 0.15) is 5.82 Å². The number of nitrogens with zero attached hydrogens (tertiary/aromatic N) is 3. The predicted octanol–water partition coefficient (Wildman–Crippen LogP) is 3.72. The molecule has 0 fully saturated rings. The van der Waals surface area contributed by atoms with E-state index in [1.807, 2.05) is 60.7 Å². The van der Waals surface area contributed by atoms with Crippen LogP contribution in [-0.2, 0) is 6.54 Å². The third-order valence-electron chi connectivity index (χ3n) is 4.59. The minimum absolute atomic E-state index is 0.0536. The molecule has 1 N–H and O–H groups in total. The summed E-state index contributed by atoms with van der Waals surface area (Å²) in [5.41, 5.74) is 4.67. The van der Waals surface area contributed by atoms with E-state index in [4.69, 9.17) is 0 Å². The standard InChI is InChI=1S/C24H19FN4O2/c25-19-11-13-21(14-12-19)29-23(30)16-15-22(26-29)24(31)27-28(20-9-5-2-6-10-20)17-18-7-3-1-4-8-18/h1-16H,17H2,(H,27,31). The summed E-state index contributed by atoms with van der Waals surface area (Å²) in [7, 11) is 0. The van der Waals surface area contributed by atoms with Gasteiger partial charge in [-0.1, -0.05) is 48.5 Å². The van der Waals surface area contributed by atoms with Crippen molar-refractivity contribution in [3.63, 3.8) is 0 Å². The smallest absolute Gasteiger partial charge is 0.281 e. The van der Waals surface area contributed by atoms with Crippen LogP contribution >= 0.6 is 0 Å². The average molecular weight is 414 g/mol. The second-order valence-electron chi connectivity index (χ2n) is 6.79. The first-order valence-electron chi connectivity index (χ1n) is 9.64. The van der Waals surface area contributed by atoms with Crippen LogP contribution in [0.15, 0.2) is 102 Å². The maximum atomic E-state index is 13.2. The van der Waals surface area contributed by atoms with E-state index >= 15 is 0 Å². The second-order valence-corrected chi connectivity index (χ2v) is 6.79. The number of hydrogen-bond acceptors (Lipinski definition) is 4. The fourth-order valence-corrected chi connectivity index (χ4v) is 3.05. The molecule has 0 spiro atoms. The number of para-hydroxylation sites is 1. The molecule has 0 unspecified atom stereocenters. The molecule has 154 valence electrons. The molecule has 1 amide bonds. The molecule has 0 aliphatic heterocycles. The van der Waals surface area contributed by atoms with E-state index in [9.17, 15) is 14.0 Å². The summed E-state index contributed by atoms with van der Waals surface area (Å²) in [6.45, 7) is 0.439. The van der Waals surface area contributed by atoms with Gasteiger partial charge in [0.15, 0.2) is 5.69 Å². The third-order valence-corrected chi connectivity index (χ3v) is 4.59. The van der Waals surface area contributed by atoms with E-state index in [1.165, 1.54) is 36.4 Å². The van der Waals surface area contributed by atoms with E-state index in [0.717, 1.165) is 15.9 Å². The molecule has 0 bridgehead atoms. The van der Waals surface area contributed by atoms with Crippen molar-refractivity contribution < 1.29 is 9.18 Å². The molecule has 0 saturated carbocycles. The monoisotopic (exact) mass is 414 g/mol. The number of halogens is 1. The number of hydrazine groups is 1. The summed E-state index contributed by atoms with van der Waals surface area (Å²) in [6, 6.07) is 27.1. The van der Waals surface area contributed by atoms with Crippen LogP contribution in [0.2, 0.25) is 0 Å². The van der Waals surface area contributed by atoms with Crippen molar-refractivity contribution in [1.82, 2.24) is 15.2 Å². The normalized spacial score (nSPS) is 10.5. The van der Waals surface area contributed by atoms with E-state index < -0.39 is 17.3 Å². The summed E-state index contributed by atoms with van der Waals surface area (Å²) in [4.78, 5) is 25.2. The number of rotatable bonds is 6. The van der Waals surface area contributed by atoms with Gasteiger partial charge < -0.3 is 0 Å². The first-order valence-corrected chi connectivity index (χ1v) is 9.64. The van der Waals surface area contributed by atoms with Crippen LogP contribution in [0.25, 0.3) is 5.69 Å². The van der Waals surface area contributed by atoms with Gasteiger partial charge in [-0.15, -0.1) is 0 Å². The molecule has 4 aromatic rings. The fraction of sp³-hybridized carbons (Fsp3) is 0.0417. The van der Waals surface area contributed by atoms with Crippen molar-refractivity contribution in [2.45, 2.75) is 6.54 Å². The molecule has 4 rings (SSSR count). The first-order chi connectivity index (χ1) is 15.1. The van der Waals surface area contributed by atoms with Gasteiger partial charge >= 0.3 is 0 Å². The Labute approximate surface area is 178 Å². The van der Waals surface area contributed by atoms with Crippen LogP contribution in [0.4, 0.5) is 10.1 Å². The Kier molecular flexibility index (Phi) is 5.84. The van der Waals surface area contributed by atoms with Gasteiger partial charge in [-0.25, -0.2) is 4.39 Å². The van der Waals surface area contributed by atoms with Gasteiger partial charge in [-0.2, -0.15) is 9.78 Å². The highest BCUT2D eigenvalue weighted by Gasteiger charge is 2.15. The quantitative estimate of drug-likeness (QED) is 0.489. The Balaban J connectivity index is 1.62. The number of nitrogens with one attached hydrogen (secondary N) is 1. The zero-order valence-corrected chi connectivity index (χ0v) is 16.5. The fourth-order valence-electron chi connectivity index (χ4n) is 3.05. The van der Waals surface area contributed by atoms with Crippen LogP contribution in [0.5, 0.6) is 0 Å². The molecule has 0 radical (unpaired) electrons. The summed E-state index contributed by atoms with van der Waals surface area (Å²) in [6.07, 6.45) is 0. The van der Waals surface area contributed by atoms with Gasteiger partial charge in [0.2, 0.25) is 0 Å². The molecule has 7 heteroatoms. The number of aromatic nitrogens is 2. The van der Waals surface area contributed by atoms with Gasteiger partial charge in [0.05, 0.1) is 17.9 Å². The van der Waals surface area contributed by atoms with E-state index in [0.29, 0.717) is 12.2 Å². The lowest BCUT2D eigenvalue weighted by Gasteiger charge is -2.25. The van der Waals surface area contributed by atoms with Crippen LogP contribution < -0.4 is 16.0 Å². The van der Waals surface area contributed by atoms with Gasteiger partial charge in [0.25, 0.3) is 11.5 Å². The molecule has 1 aromatic heterocycles. The predicted molar refractivity (Wildman–Crippen MR) is 116 cm³/mol. The minimum atomic E-state index is -0.476. The Morgan fingerprint density at radius 3 is 2.19 bits per heavy atom. The van der Waals surface area contributed by atoms with Crippen molar-refractivity contribution in [2.75, 3.05) is 5.01 Å². The molecule has 0 aliphatic rings. The highest BCUT2D eigenvalue weighted by molar-refractivity contribution is 5.93. The summed E-state index contributed by atoms with van der Waals surface area (Å²) in [5, 5.41) is 5.88. The molecule has 0 aliphatic carbocycles. The average Bonchev–Trinajstić information content (AvgIpc) is 2.81. The summed E-state index contributed by atoms with van der Waals surface area (Å²) >= 11 is 0. The van der Waals surface area contributed by atoms with Crippen LogP contribution in [-0.4, -0.2) is 15.7 Å². The molecular weight excluding hydrogens is 395 g/mol. The molecule has 3 aromatic carbocycles. The lowest BCUT2D eigenvalue weighted by molar-refractivity contribution is 0.0941. The Morgan fingerprint density at radius 1 is 0.871 bits per heavy atom. The van der Waals surface area contributed by atoms with Gasteiger partial charge in [-0.05, 0) is 48.0 Å². The van der Waals surface area contributed by atoms with Gasteiger partial charge in [-0.3, -0.25) is 20.0 Å². The van der Waals surface area contributed by atoms with Crippen LogP contribution in [0.3, 0.4) is 0 Å². The summed E-state index contributed by atoms with van der Waals surface area (Å²) in [5.74, 6) is -0.902. The molecule has 6 nitrogen and oxygen atoms in total. The first kappa shape index (κ1) is 20.0. The van der Waals surface area contributed by atoms with E-state index in [-0.39, 0.29) is 5.69 Å². The number of hydrogen-bond donors (Lipinski definition) is 1. The SMILES string of the molecule is O=C(NN(Cc1ccccc1)c1ccccc1)c1ccc(=O)n(-c2ccc(F)cc2)n1. The van der Waals surface area contributed by atoms with Crippen LogP contribution in [0.1, 0.15) is 16.1 Å². The minimum Gasteiger partial charge on any atom is -0.281 e. The highest BCUT2D eigenvalue weighted by atomic mass is 19.1. The third kappa shape index (κ3) is 4.84. The maximum Gasteiger partial charge on any atom is 0.290 e. The summed E-state index contributed by atoms with van der Waals surface area (Å²) < 4.78 is 14.3. The Bertz CT molecular complexity index is 1230. The lowest BCUT2D eigenvalue weighted by Crippen LogP contribution is -2.42. The zero-order valence-electron chi connectivity index (χ0n) is 16.5. The van der Waals surface area contributed by atoms with Crippen molar-refractivity contribution >= 4 is 11.6 Å². The Hall–Kier alpha value is -4.26. The zero-order chi connectivity index (χ0) is 21.6. The van der Waals surface area contributed by atoms with E-state index in [1.54, 1.807) is 5.01 Å². The maximum absolute atomic E-state index is 13.2. The van der Waals surface area contributed by atoms with Gasteiger partial charge in [0, 0.05) is 6.07 Å². The number of amides is 1. The van der Waals surface area contributed by atoms with Crippen molar-refractivity contribution in [3.05, 3.63) is 124 Å².